The van der Waals surface area contributed by atoms with E-state index >= 15 is 0 Å². The van der Waals surface area contributed by atoms with Crippen molar-refractivity contribution in [3.05, 3.63) is 78.2 Å². The zero-order valence-electron chi connectivity index (χ0n) is 15.1. The van der Waals surface area contributed by atoms with E-state index in [0.29, 0.717) is 0 Å². The van der Waals surface area contributed by atoms with Crippen molar-refractivity contribution >= 4 is 39.1 Å². The van der Waals surface area contributed by atoms with Gasteiger partial charge in [0.25, 0.3) is 21.7 Å². The third-order valence-corrected chi connectivity index (χ3v) is 5.84. The molecule has 156 valence electrons. The third-order valence-electron chi connectivity index (χ3n) is 3.72. The Morgan fingerprint density at radius 1 is 1.00 bits per heavy atom. The average Bonchev–Trinajstić information content (AvgIpc) is 2.68. The number of alkyl halides is 2. The number of hydrogen-bond acceptors (Lipinski definition) is 5. The van der Waals surface area contributed by atoms with E-state index in [2.05, 4.69) is 15.0 Å². The fraction of sp³-hybridized carbons (Fsp3) is 0.0526. The van der Waals surface area contributed by atoms with Crippen molar-refractivity contribution in [1.29, 1.82) is 0 Å². The SMILES string of the molecule is O=C(Nc1ccc(S(=O)(=O)Nc2cccc(F)c2)cc1)c1cccnc1SC(F)F. The fourth-order valence-electron chi connectivity index (χ4n) is 2.42. The monoisotopic (exact) mass is 453 g/mol. The summed E-state index contributed by atoms with van der Waals surface area (Å²) in [7, 11) is -3.97. The second-order valence-electron chi connectivity index (χ2n) is 5.83. The molecule has 3 aromatic rings. The summed E-state index contributed by atoms with van der Waals surface area (Å²) in [5, 5.41) is 2.38. The number of pyridine rings is 1. The lowest BCUT2D eigenvalue weighted by Crippen LogP contribution is -2.15. The number of rotatable bonds is 7. The number of aromatic nitrogens is 1. The highest BCUT2D eigenvalue weighted by atomic mass is 32.2. The maximum Gasteiger partial charge on any atom is 0.290 e. The molecule has 0 atom stereocenters. The Labute approximate surface area is 174 Å². The zero-order valence-corrected chi connectivity index (χ0v) is 16.7. The summed E-state index contributed by atoms with van der Waals surface area (Å²) in [5.74, 6) is -3.99. The van der Waals surface area contributed by atoms with E-state index in [1.165, 1.54) is 60.8 Å². The topological polar surface area (TPSA) is 88.2 Å². The number of anilines is 2. The molecule has 6 nitrogen and oxygen atoms in total. The van der Waals surface area contributed by atoms with Gasteiger partial charge in [-0.25, -0.2) is 17.8 Å². The molecule has 0 aliphatic heterocycles. The van der Waals surface area contributed by atoms with Crippen molar-refractivity contribution in [2.24, 2.45) is 0 Å². The summed E-state index contributed by atoms with van der Waals surface area (Å²) in [6, 6.07) is 13.0. The van der Waals surface area contributed by atoms with Gasteiger partial charge in [-0.1, -0.05) is 6.07 Å². The van der Waals surface area contributed by atoms with Crippen LogP contribution in [0.15, 0.2) is 76.8 Å². The highest BCUT2D eigenvalue weighted by molar-refractivity contribution is 7.99. The highest BCUT2D eigenvalue weighted by Crippen LogP contribution is 2.27. The van der Waals surface area contributed by atoms with Crippen LogP contribution in [0.2, 0.25) is 0 Å². The van der Waals surface area contributed by atoms with Crippen molar-refractivity contribution in [2.45, 2.75) is 15.7 Å². The number of halogens is 3. The van der Waals surface area contributed by atoms with Crippen LogP contribution in [0.25, 0.3) is 0 Å². The predicted molar refractivity (Wildman–Crippen MR) is 108 cm³/mol. The molecule has 0 spiro atoms. The fourth-order valence-corrected chi connectivity index (χ4v) is 4.05. The van der Waals surface area contributed by atoms with Crippen LogP contribution in [-0.4, -0.2) is 25.1 Å². The van der Waals surface area contributed by atoms with Crippen molar-refractivity contribution in [2.75, 3.05) is 10.0 Å². The lowest BCUT2D eigenvalue weighted by Gasteiger charge is -2.11. The Balaban J connectivity index is 1.74. The minimum Gasteiger partial charge on any atom is -0.322 e. The molecule has 0 saturated carbocycles. The Hall–Kier alpha value is -3.05. The largest absolute Gasteiger partial charge is 0.322 e. The molecule has 0 saturated heterocycles. The number of carbonyl (C=O) groups is 1. The molecule has 0 aliphatic rings. The molecule has 1 aromatic heterocycles. The summed E-state index contributed by atoms with van der Waals surface area (Å²) in [6.07, 6.45) is 1.30. The third kappa shape index (κ3) is 5.51. The Kier molecular flexibility index (Phi) is 6.63. The number of hydrogen-bond donors (Lipinski definition) is 2. The molecule has 3 rings (SSSR count). The first kappa shape index (κ1) is 21.7. The number of thioether (sulfide) groups is 1. The van der Waals surface area contributed by atoms with Gasteiger partial charge >= 0.3 is 0 Å². The van der Waals surface area contributed by atoms with Gasteiger partial charge in [-0.3, -0.25) is 9.52 Å². The summed E-state index contributed by atoms with van der Waals surface area (Å²) >= 11 is 0.152. The Morgan fingerprint density at radius 2 is 1.73 bits per heavy atom. The minimum atomic E-state index is -3.97. The summed E-state index contributed by atoms with van der Waals surface area (Å²) in [4.78, 5) is 16.1. The van der Waals surface area contributed by atoms with E-state index in [-0.39, 0.29) is 38.6 Å². The number of nitrogens with zero attached hydrogens (tertiary/aromatic N) is 1. The maximum atomic E-state index is 13.2. The van der Waals surface area contributed by atoms with Gasteiger partial charge in [-0.2, -0.15) is 8.78 Å². The molecule has 2 N–H and O–H groups in total. The quantitative estimate of drug-likeness (QED) is 0.511. The van der Waals surface area contributed by atoms with E-state index in [9.17, 15) is 26.4 Å². The molecule has 0 bridgehead atoms. The van der Waals surface area contributed by atoms with Crippen LogP contribution < -0.4 is 10.0 Å². The molecule has 0 unspecified atom stereocenters. The van der Waals surface area contributed by atoms with Crippen molar-refractivity contribution in [1.82, 2.24) is 4.98 Å². The van der Waals surface area contributed by atoms with Crippen LogP contribution in [0.4, 0.5) is 24.5 Å². The molecule has 1 amide bonds. The molecule has 0 aliphatic carbocycles. The summed E-state index contributed by atoms with van der Waals surface area (Å²) < 4.78 is 65.6. The molecule has 0 fully saturated rings. The van der Waals surface area contributed by atoms with Gasteiger partial charge in [-0.15, -0.1) is 0 Å². The van der Waals surface area contributed by atoms with Crippen LogP contribution in [0.1, 0.15) is 10.4 Å². The highest BCUT2D eigenvalue weighted by Gasteiger charge is 2.18. The van der Waals surface area contributed by atoms with E-state index in [4.69, 9.17) is 0 Å². The van der Waals surface area contributed by atoms with Crippen molar-refractivity contribution in [3.8, 4) is 0 Å². The zero-order chi connectivity index (χ0) is 21.7. The number of nitrogens with one attached hydrogen (secondary N) is 2. The molecular formula is C19H14F3N3O3S2. The first-order valence-corrected chi connectivity index (χ1v) is 10.7. The standard InChI is InChI=1S/C19H14F3N3O3S2/c20-12-3-1-4-14(11-12)25-30(27,28)15-8-6-13(7-9-15)24-17(26)16-5-2-10-23-18(16)29-19(21)22/h1-11,19,25H,(H,24,26). The van der Waals surface area contributed by atoms with Crippen LogP contribution in [0, 0.1) is 5.82 Å². The van der Waals surface area contributed by atoms with Crippen molar-refractivity contribution < 1.29 is 26.4 Å². The Bertz CT molecular complexity index is 1160. The number of sulfonamides is 1. The van der Waals surface area contributed by atoms with E-state index in [1.54, 1.807) is 0 Å². The van der Waals surface area contributed by atoms with E-state index < -0.39 is 27.5 Å². The maximum absolute atomic E-state index is 13.2. The summed E-state index contributed by atoms with van der Waals surface area (Å²) in [5.41, 5.74) is 0.279. The first-order valence-electron chi connectivity index (χ1n) is 8.34. The molecule has 1 heterocycles. The number of amides is 1. The minimum absolute atomic E-state index is 0.0349. The van der Waals surface area contributed by atoms with E-state index in [0.717, 1.165) is 6.07 Å². The molecule has 0 radical (unpaired) electrons. The normalized spacial score (nSPS) is 11.3. The predicted octanol–water partition coefficient (Wildman–Crippen LogP) is 4.59. The van der Waals surface area contributed by atoms with Crippen LogP contribution >= 0.6 is 11.8 Å². The molecule has 2 aromatic carbocycles. The molecular weight excluding hydrogens is 439 g/mol. The second kappa shape index (κ2) is 9.18. The molecule has 11 heteroatoms. The van der Waals surface area contributed by atoms with Gasteiger partial charge < -0.3 is 5.32 Å². The van der Waals surface area contributed by atoms with Crippen molar-refractivity contribution in [3.63, 3.8) is 0 Å². The first-order chi connectivity index (χ1) is 14.2. The Morgan fingerprint density at radius 3 is 2.40 bits per heavy atom. The lowest BCUT2D eigenvalue weighted by molar-refractivity contribution is 0.102. The van der Waals surface area contributed by atoms with Crippen LogP contribution in [-0.2, 0) is 10.0 Å². The van der Waals surface area contributed by atoms with Gasteiger partial charge in [0, 0.05) is 11.9 Å². The van der Waals surface area contributed by atoms with E-state index in [1.807, 2.05) is 0 Å². The smallest absolute Gasteiger partial charge is 0.290 e. The number of carbonyl (C=O) groups excluding carboxylic acids is 1. The van der Waals surface area contributed by atoms with Gasteiger partial charge in [0.2, 0.25) is 0 Å². The van der Waals surface area contributed by atoms with Crippen LogP contribution in [0.5, 0.6) is 0 Å². The molecule has 30 heavy (non-hydrogen) atoms. The number of benzene rings is 2. The average molecular weight is 453 g/mol. The van der Waals surface area contributed by atoms with Crippen LogP contribution in [0.3, 0.4) is 0 Å². The van der Waals surface area contributed by atoms with Gasteiger partial charge in [-0.05, 0) is 66.4 Å². The van der Waals surface area contributed by atoms with Gasteiger partial charge in [0.05, 0.1) is 16.1 Å². The summed E-state index contributed by atoms with van der Waals surface area (Å²) in [6.45, 7) is 0. The van der Waals surface area contributed by atoms with Gasteiger partial charge in [0.15, 0.2) is 0 Å². The van der Waals surface area contributed by atoms with Gasteiger partial charge in [0.1, 0.15) is 10.8 Å². The lowest BCUT2D eigenvalue weighted by atomic mass is 10.2. The second-order valence-corrected chi connectivity index (χ2v) is 8.49.